The minimum atomic E-state index is 0.728. The lowest BCUT2D eigenvalue weighted by molar-refractivity contribution is 0.125. The van der Waals surface area contributed by atoms with E-state index in [0.717, 1.165) is 29.9 Å². The molecule has 5 heteroatoms. The van der Waals surface area contributed by atoms with Crippen LogP contribution in [0.15, 0.2) is 30.6 Å². The van der Waals surface area contributed by atoms with Gasteiger partial charge >= 0.3 is 0 Å². The van der Waals surface area contributed by atoms with E-state index in [1.54, 1.807) is 6.20 Å². The molecule has 122 valence electrons. The minimum absolute atomic E-state index is 0.728. The first-order valence-corrected chi connectivity index (χ1v) is 8.94. The normalized spacial score (nSPS) is 21.0. The predicted octanol–water partition coefficient (Wildman–Crippen LogP) is 2.99. The fraction of sp³-hybridized carbons (Fsp3) is 0.611. The Morgan fingerprint density at radius 3 is 2.57 bits per heavy atom. The van der Waals surface area contributed by atoms with Crippen molar-refractivity contribution in [2.45, 2.75) is 51.1 Å². The fourth-order valence-corrected chi connectivity index (χ4v) is 4.05. The maximum atomic E-state index is 4.34. The van der Waals surface area contributed by atoms with Gasteiger partial charge in [-0.05, 0) is 56.8 Å². The molecule has 1 saturated carbocycles. The molecule has 0 bridgehead atoms. The van der Waals surface area contributed by atoms with Gasteiger partial charge in [-0.15, -0.1) is 5.10 Å². The summed E-state index contributed by atoms with van der Waals surface area (Å²) < 4.78 is 2.00. The summed E-state index contributed by atoms with van der Waals surface area (Å²) in [7, 11) is 0. The first-order chi connectivity index (χ1) is 11.4. The third-order valence-corrected chi connectivity index (χ3v) is 5.40. The van der Waals surface area contributed by atoms with Crippen LogP contribution < -0.4 is 0 Å². The Balaban J connectivity index is 1.32. The van der Waals surface area contributed by atoms with E-state index in [1.165, 1.54) is 51.6 Å². The molecule has 0 aromatic carbocycles. The molecule has 0 spiro atoms. The molecular formula is C18H25N5. The first kappa shape index (κ1) is 14.8. The highest BCUT2D eigenvalue weighted by atomic mass is 15.4. The minimum Gasteiger partial charge on any atom is -0.300 e. The van der Waals surface area contributed by atoms with Crippen molar-refractivity contribution < 1.29 is 0 Å². The summed E-state index contributed by atoms with van der Waals surface area (Å²) in [4.78, 5) is 7.07. The van der Waals surface area contributed by atoms with Crippen molar-refractivity contribution in [2.24, 2.45) is 5.92 Å². The Morgan fingerprint density at radius 2 is 1.83 bits per heavy atom. The van der Waals surface area contributed by atoms with Gasteiger partial charge in [0.25, 0.3) is 0 Å². The van der Waals surface area contributed by atoms with Crippen LogP contribution in [0, 0.1) is 5.92 Å². The standard InChI is InChI=1S/C18H25N5/c1-2-6-16(5-1)22-11-8-15(9-12-22)13-23-14-18(20-21-23)17-7-3-4-10-19-17/h3-4,7,10,14-16H,1-2,5-6,8-9,11-13H2. The average molecular weight is 311 g/mol. The lowest BCUT2D eigenvalue weighted by Crippen LogP contribution is -2.40. The van der Waals surface area contributed by atoms with Gasteiger partial charge in [0.15, 0.2) is 0 Å². The molecule has 0 N–H and O–H groups in total. The van der Waals surface area contributed by atoms with Crippen molar-refractivity contribution in [1.29, 1.82) is 0 Å². The SMILES string of the molecule is c1ccc(-c2cn(CC3CCN(C4CCCC4)CC3)nn2)nc1. The number of likely N-dealkylation sites (tertiary alicyclic amines) is 1. The van der Waals surface area contributed by atoms with Crippen LogP contribution in [0.3, 0.4) is 0 Å². The summed E-state index contributed by atoms with van der Waals surface area (Å²) in [5.74, 6) is 0.728. The second kappa shape index (κ2) is 6.79. The van der Waals surface area contributed by atoms with Crippen LogP contribution >= 0.6 is 0 Å². The number of hydrogen-bond acceptors (Lipinski definition) is 4. The lowest BCUT2D eigenvalue weighted by atomic mass is 9.95. The summed E-state index contributed by atoms with van der Waals surface area (Å²) in [6.45, 7) is 3.51. The van der Waals surface area contributed by atoms with Gasteiger partial charge in [-0.25, -0.2) is 0 Å². The number of nitrogens with zero attached hydrogens (tertiary/aromatic N) is 5. The second-order valence-corrected chi connectivity index (χ2v) is 6.96. The molecule has 2 fully saturated rings. The zero-order valence-electron chi connectivity index (χ0n) is 13.6. The molecule has 3 heterocycles. The van der Waals surface area contributed by atoms with Crippen molar-refractivity contribution in [3.8, 4) is 11.4 Å². The van der Waals surface area contributed by atoms with Gasteiger partial charge in [0.1, 0.15) is 5.69 Å². The van der Waals surface area contributed by atoms with E-state index in [2.05, 4.69) is 20.2 Å². The molecular weight excluding hydrogens is 286 g/mol. The third kappa shape index (κ3) is 3.44. The van der Waals surface area contributed by atoms with Crippen LogP contribution in [0.25, 0.3) is 11.4 Å². The van der Waals surface area contributed by atoms with Crippen LogP contribution in [0.4, 0.5) is 0 Å². The molecule has 2 aromatic heterocycles. The van der Waals surface area contributed by atoms with E-state index in [1.807, 2.05) is 29.1 Å². The molecule has 0 radical (unpaired) electrons. The summed E-state index contributed by atoms with van der Waals surface area (Å²) in [5.41, 5.74) is 1.77. The zero-order valence-corrected chi connectivity index (χ0v) is 13.6. The molecule has 23 heavy (non-hydrogen) atoms. The second-order valence-electron chi connectivity index (χ2n) is 6.96. The van der Waals surface area contributed by atoms with Gasteiger partial charge in [0, 0.05) is 18.8 Å². The van der Waals surface area contributed by atoms with Crippen molar-refractivity contribution in [1.82, 2.24) is 24.9 Å². The van der Waals surface area contributed by atoms with E-state index in [9.17, 15) is 0 Å². The summed E-state index contributed by atoms with van der Waals surface area (Å²) in [5, 5.41) is 8.57. The fourth-order valence-electron chi connectivity index (χ4n) is 4.05. The Kier molecular flexibility index (Phi) is 4.37. The van der Waals surface area contributed by atoms with Crippen LogP contribution in [-0.2, 0) is 6.54 Å². The lowest BCUT2D eigenvalue weighted by Gasteiger charge is -2.35. The summed E-state index contributed by atoms with van der Waals surface area (Å²) in [6.07, 6.45) is 12.1. The number of rotatable bonds is 4. The predicted molar refractivity (Wildman–Crippen MR) is 89.8 cm³/mol. The van der Waals surface area contributed by atoms with Crippen LogP contribution in [0.5, 0.6) is 0 Å². The van der Waals surface area contributed by atoms with Gasteiger partial charge in [-0.2, -0.15) is 0 Å². The third-order valence-electron chi connectivity index (χ3n) is 5.40. The number of pyridine rings is 1. The molecule has 1 saturated heterocycles. The van der Waals surface area contributed by atoms with Crippen LogP contribution in [0.2, 0.25) is 0 Å². The van der Waals surface area contributed by atoms with Crippen molar-refractivity contribution in [3.05, 3.63) is 30.6 Å². The Hall–Kier alpha value is -1.75. The van der Waals surface area contributed by atoms with Crippen molar-refractivity contribution in [2.75, 3.05) is 13.1 Å². The average Bonchev–Trinajstić information content (AvgIpc) is 3.28. The summed E-state index contributed by atoms with van der Waals surface area (Å²) >= 11 is 0. The Labute approximate surface area is 137 Å². The van der Waals surface area contributed by atoms with E-state index in [4.69, 9.17) is 0 Å². The van der Waals surface area contributed by atoms with Gasteiger partial charge in [0.05, 0.1) is 11.9 Å². The maximum absolute atomic E-state index is 4.34. The van der Waals surface area contributed by atoms with Gasteiger partial charge in [-0.3, -0.25) is 9.67 Å². The molecule has 2 aromatic rings. The van der Waals surface area contributed by atoms with Crippen LogP contribution in [-0.4, -0.2) is 44.0 Å². The zero-order chi connectivity index (χ0) is 15.5. The molecule has 2 aliphatic rings. The molecule has 0 unspecified atom stereocenters. The van der Waals surface area contributed by atoms with Crippen molar-refractivity contribution in [3.63, 3.8) is 0 Å². The highest BCUT2D eigenvalue weighted by molar-refractivity contribution is 5.51. The molecule has 5 nitrogen and oxygen atoms in total. The van der Waals surface area contributed by atoms with Gasteiger partial charge < -0.3 is 4.90 Å². The molecule has 0 atom stereocenters. The number of aromatic nitrogens is 4. The Morgan fingerprint density at radius 1 is 1.00 bits per heavy atom. The highest BCUT2D eigenvalue weighted by Crippen LogP contribution is 2.28. The quantitative estimate of drug-likeness (QED) is 0.871. The van der Waals surface area contributed by atoms with Gasteiger partial charge in [0.2, 0.25) is 0 Å². The highest BCUT2D eigenvalue weighted by Gasteiger charge is 2.27. The largest absolute Gasteiger partial charge is 0.300 e. The maximum Gasteiger partial charge on any atom is 0.131 e. The van der Waals surface area contributed by atoms with E-state index in [-0.39, 0.29) is 0 Å². The molecule has 1 aliphatic carbocycles. The van der Waals surface area contributed by atoms with E-state index < -0.39 is 0 Å². The molecule has 4 rings (SSSR count). The summed E-state index contributed by atoms with van der Waals surface area (Å²) in [6, 6.07) is 6.76. The topological polar surface area (TPSA) is 46.8 Å². The first-order valence-electron chi connectivity index (χ1n) is 8.94. The number of piperidine rings is 1. The molecule has 1 aliphatic heterocycles. The van der Waals surface area contributed by atoms with E-state index >= 15 is 0 Å². The van der Waals surface area contributed by atoms with E-state index in [0.29, 0.717) is 0 Å². The molecule has 0 amide bonds. The Bertz CT molecular complexity index is 609. The van der Waals surface area contributed by atoms with Crippen molar-refractivity contribution >= 4 is 0 Å². The van der Waals surface area contributed by atoms with Gasteiger partial charge in [-0.1, -0.05) is 24.1 Å². The smallest absolute Gasteiger partial charge is 0.131 e. The number of hydrogen-bond donors (Lipinski definition) is 0. The van der Waals surface area contributed by atoms with Crippen LogP contribution in [0.1, 0.15) is 38.5 Å². The monoisotopic (exact) mass is 311 g/mol.